The number of piperidine rings is 2. The first kappa shape index (κ1) is 19.0. The Morgan fingerprint density at radius 3 is 2.58 bits per heavy atom. The average molecular weight is 313 g/mol. The molecule has 2 saturated heterocycles. The second kappa shape index (κ2) is 9.81. The van der Waals surface area contributed by atoms with Crippen molar-refractivity contribution < 1.29 is 9.53 Å². The number of rotatable bonds is 3. The maximum absolute atomic E-state index is 11.8. The predicted molar refractivity (Wildman–Crippen MR) is 81.3 cm³/mol. The zero-order valence-corrected chi connectivity index (χ0v) is 13.2. The summed E-state index contributed by atoms with van der Waals surface area (Å²) in [6, 6.07) is 0.675. The van der Waals surface area contributed by atoms with E-state index in [1.807, 2.05) is 6.92 Å². The molecule has 0 spiro atoms. The number of ether oxygens (including phenoxy) is 1. The van der Waals surface area contributed by atoms with Gasteiger partial charge in [-0.2, -0.15) is 0 Å². The van der Waals surface area contributed by atoms with Crippen LogP contribution >= 0.6 is 24.8 Å². The number of hydrogen-bond donors (Lipinski definition) is 1. The van der Waals surface area contributed by atoms with Gasteiger partial charge in [-0.15, -0.1) is 24.8 Å². The Labute approximate surface area is 128 Å². The Morgan fingerprint density at radius 2 is 1.95 bits per heavy atom. The number of hydrogen-bond acceptors (Lipinski definition) is 4. The van der Waals surface area contributed by atoms with E-state index in [1.165, 1.54) is 12.8 Å². The van der Waals surface area contributed by atoms with Gasteiger partial charge in [-0.25, -0.2) is 0 Å². The van der Waals surface area contributed by atoms with Gasteiger partial charge in [0.05, 0.1) is 12.5 Å². The van der Waals surface area contributed by atoms with E-state index < -0.39 is 0 Å². The molecule has 0 aromatic rings. The molecule has 0 saturated carbocycles. The normalized spacial score (nSPS) is 25.0. The molecule has 1 N–H and O–H groups in total. The molecule has 2 aliphatic rings. The van der Waals surface area contributed by atoms with Crippen LogP contribution in [-0.2, 0) is 9.53 Å². The van der Waals surface area contributed by atoms with E-state index >= 15 is 0 Å². The summed E-state index contributed by atoms with van der Waals surface area (Å²) in [6.07, 6.45) is 4.57. The van der Waals surface area contributed by atoms with Gasteiger partial charge in [-0.1, -0.05) is 0 Å². The molecular weight excluding hydrogens is 287 g/mol. The summed E-state index contributed by atoms with van der Waals surface area (Å²) >= 11 is 0. The van der Waals surface area contributed by atoms with Crippen molar-refractivity contribution in [1.82, 2.24) is 10.2 Å². The van der Waals surface area contributed by atoms with Crippen molar-refractivity contribution in [3.05, 3.63) is 0 Å². The number of carbonyl (C=O) groups excluding carboxylic acids is 1. The molecule has 2 heterocycles. The third-order valence-corrected chi connectivity index (χ3v) is 3.90. The summed E-state index contributed by atoms with van der Waals surface area (Å²) < 4.78 is 5.14. The van der Waals surface area contributed by atoms with Gasteiger partial charge in [-0.3, -0.25) is 9.69 Å². The maximum atomic E-state index is 11.8. The third kappa shape index (κ3) is 5.46. The zero-order chi connectivity index (χ0) is 12.1. The molecule has 1 atom stereocenters. The van der Waals surface area contributed by atoms with Gasteiger partial charge in [-0.05, 0) is 52.2 Å². The minimum atomic E-state index is 0. The van der Waals surface area contributed by atoms with Gasteiger partial charge in [0.25, 0.3) is 0 Å². The van der Waals surface area contributed by atoms with E-state index in [2.05, 4.69) is 10.2 Å². The van der Waals surface area contributed by atoms with Crippen molar-refractivity contribution in [2.75, 3.05) is 32.8 Å². The fourth-order valence-corrected chi connectivity index (χ4v) is 2.96. The summed E-state index contributed by atoms with van der Waals surface area (Å²) in [7, 11) is 0. The lowest BCUT2D eigenvalue weighted by Crippen LogP contribution is -2.48. The molecule has 2 aliphatic heterocycles. The zero-order valence-electron chi connectivity index (χ0n) is 11.6. The van der Waals surface area contributed by atoms with Crippen LogP contribution in [0.3, 0.4) is 0 Å². The fourth-order valence-electron chi connectivity index (χ4n) is 2.96. The van der Waals surface area contributed by atoms with Crippen molar-refractivity contribution in [2.45, 2.75) is 38.6 Å². The minimum absolute atomic E-state index is 0. The third-order valence-electron chi connectivity index (χ3n) is 3.90. The number of likely N-dealkylation sites (tertiary alicyclic amines) is 1. The smallest absolute Gasteiger partial charge is 0.310 e. The highest BCUT2D eigenvalue weighted by Crippen LogP contribution is 2.22. The Balaban J connectivity index is 0.00000162. The Morgan fingerprint density at radius 1 is 1.26 bits per heavy atom. The summed E-state index contributed by atoms with van der Waals surface area (Å²) in [4.78, 5) is 14.3. The Bertz CT molecular complexity index is 261. The van der Waals surface area contributed by atoms with Crippen molar-refractivity contribution in [3.63, 3.8) is 0 Å². The molecule has 4 nitrogen and oxygen atoms in total. The molecule has 2 rings (SSSR count). The molecule has 0 aromatic carbocycles. The number of nitrogens with one attached hydrogen (secondary N) is 1. The van der Waals surface area contributed by atoms with Gasteiger partial charge in [0.2, 0.25) is 0 Å². The maximum Gasteiger partial charge on any atom is 0.310 e. The van der Waals surface area contributed by atoms with Crippen LogP contribution in [0, 0.1) is 5.92 Å². The first-order valence-corrected chi connectivity index (χ1v) is 6.92. The molecule has 0 bridgehead atoms. The topological polar surface area (TPSA) is 41.6 Å². The van der Waals surface area contributed by atoms with Gasteiger partial charge >= 0.3 is 5.97 Å². The summed E-state index contributed by atoms with van der Waals surface area (Å²) in [6.45, 7) is 6.68. The monoisotopic (exact) mass is 312 g/mol. The second-order valence-corrected chi connectivity index (χ2v) is 5.07. The van der Waals surface area contributed by atoms with Crippen LogP contribution in [0.15, 0.2) is 0 Å². The standard InChI is InChI=1S/C13H24N2O2.2ClH/c1-2-17-13(16)11-4-3-9-15(10-11)12-5-7-14-8-6-12;;/h11-12,14H,2-10H2,1H3;2*1H/t11-;;/m1../s1. The van der Waals surface area contributed by atoms with Crippen LogP contribution in [-0.4, -0.2) is 49.7 Å². The first-order chi connectivity index (χ1) is 8.31. The van der Waals surface area contributed by atoms with E-state index in [0.717, 1.165) is 39.0 Å². The van der Waals surface area contributed by atoms with Crippen LogP contribution in [0.1, 0.15) is 32.6 Å². The molecule has 19 heavy (non-hydrogen) atoms. The van der Waals surface area contributed by atoms with Crippen LogP contribution in [0.2, 0.25) is 0 Å². The van der Waals surface area contributed by atoms with Crippen LogP contribution < -0.4 is 5.32 Å². The Hall–Kier alpha value is -0.0300. The SMILES string of the molecule is CCOC(=O)[C@@H]1CCCN(C2CCNCC2)C1.Cl.Cl. The van der Waals surface area contributed by atoms with Gasteiger partial charge in [0.15, 0.2) is 0 Å². The molecular formula is C13H26Cl2N2O2. The van der Waals surface area contributed by atoms with Gasteiger partial charge < -0.3 is 10.1 Å². The molecule has 114 valence electrons. The second-order valence-electron chi connectivity index (χ2n) is 5.07. The largest absolute Gasteiger partial charge is 0.466 e. The molecule has 0 unspecified atom stereocenters. The van der Waals surface area contributed by atoms with E-state index in [0.29, 0.717) is 12.6 Å². The average Bonchev–Trinajstić information content (AvgIpc) is 2.40. The Kier molecular flexibility index (Phi) is 9.79. The van der Waals surface area contributed by atoms with E-state index in [4.69, 9.17) is 4.74 Å². The minimum Gasteiger partial charge on any atom is -0.466 e. The van der Waals surface area contributed by atoms with Crippen molar-refractivity contribution in [2.24, 2.45) is 5.92 Å². The number of carbonyl (C=O) groups is 1. The molecule has 0 amide bonds. The van der Waals surface area contributed by atoms with E-state index in [-0.39, 0.29) is 36.7 Å². The molecule has 2 fully saturated rings. The van der Waals surface area contributed by atoms with Crippen molar-refractivity contribution in [3.8, 4) is 0 Å². The van der Waals surface area contributed by atoms with Gasteiger partial charge in [0.1, 0.15) is 0 Å². The molecule has 0 aliphatic carbocycles. The fraction of sp³-hybridized carbons (Fsp3) is 0.923. The molecule has 0 aromatic heterocycles. The number of esters is 1. The summed E-state index contributed by atoms with van der Waals surface area (Å²) in [5.74, 6) is 0.115. The van der Waals surface area contributed by atoms with Crippen molar-refractivity contribution >= 4 is 30.8 Å². The highest BCUT2D eigenvalue weighted by Gasteiger charge is 2.30. The molecule has 0 radical (unpaired) electrons. The summed E-state index contributed by atoms with van der Waals surface area (Å²) in [5.41, 5.74) is 0. The number of halogens is 2. The van der Waals surface area contributed by atoms with Crippen LogP contribution in [0.25, 0.3) is 0 Å². The summed E-state index contributed by atoms with van der Waals surface area (Å²) in [5, 5.41) is 3.39. The lowest BCUT2D eigenvalue weighted by atomic mass is 9.94. The van der Waals surface area contributed by atoms with Crippen LogP contribution in [0.4, 0.5) is 0 Å². The van der Waals surface area contributed by atoms with E-state index in [1.54, 1.807) is 0 Å². The van der Waals surface area contributed by atoms with Crippen molar-refractivity contribution in [1.29, 1.82) is 0 Å². The number of nitrogens with zero attached hydrogens (tertiary/aromatic N) is 1. The quantitative estimate of drug-likeness (QED) is 0.808. The van der Waals surface area contributed by atoms with E-state index in [9.17, 15) is 4.79 Å². The lowest BCUT2D eigenvalue weighted by Gasteiger charge is -2.39. The highest BCUT2D eigenvalue weighted by atomic mass is 35.5. The van der Waals surface area contributed by atoms with Crippen LogP contribution in [0.5, 0.6) is 0 Å². The molecule has 6 heteroatoms. The first-order valence-electron chi connectivity index (χ1n) is 6.92. The van der Waals surface area contributed by atoms with Gasteiger partial charge in [0, 0.05) is 12.6 Å². The highest BCUT2D eigenvalue weighted by molar-refractivity contribution is 5.85. The lowest BCUT2D eigenvalue weighted by molar-refractivity contribution is -0.150. The predicted octanol–water partition coefficient (Wildman–Crippen LogP) is 1.86.